The number of ether oxygens (including phenoxy) is 2. The predicted octanol–water partition coefficient (Wildman–Crippen LogP) is 4.52. The number of hydrogen-bond acceptors (Lipinski definition) is 9. The van der Waals surface area contributed by atoms with Gasteiger partial charge in [0.1, 0.15) is 22.9 Å². The number of hydrogen-bond donors (Lipinski definition) is 0. The van der Waals surface area contributed by atoms with Gasteiger partial charge in [0.2, 0.25) is 5.82 Å². The van der Waals surface area contributed by atoms with E-state index in [1.54, 1.807) is 27.8 Å². The van der Waals surface area contributed by atoms with Gasteiger partial charge in [-0.15, -0.1) is 21.5 Å². The van der Waals surface area contributed by atoms with E-state index in [4.69, 9.17) is 9.47 Å². The lowest BCUT2D eigenvalue weighted by Crippen LogP contribution is -2.36. The maximum Gasteiger partial charge on any atom is 0.451 e. The molecule has 3 aromatic heterocycles. The molecule has 3 aromatic rings. The molecular weight excluding hydrogens is 511 g/mol. The number of aryl methyl sites for hydroxylation is 1. The van der Waals surface area contributed by atoms with Gasteiger partial charge in [0.15, 0.2) is 5.82 Å². The van der Waals surface area contributed by atoms with Crippen LogP contribution < -0.4 is 9.64 Å². The van der Waals surface area contributed by atoms with Crippen molar-refractivity contribution in [3.63, 3.8) is 0 Å². The summed E-state index contributed by atoms with van der Waals surface area (Å²) >= 11 is 1.53. The number of carbonyl (C=O) groups is 1. The minimum Gasteiger partial charge on any atom is -0.461 e. The van der Waals surface area contributed by atoms with E-state index in [-0.39, 0.29) is 38.1 Å². The van der Waals surface area contributed by atoms with Gasteiger partial charge in [-0.3, -0.25) is 0 Å². The van der Waals surface area contributed by atoms with Crippen molar-refractivity contribution < 1.29 is 27.4 Å². The van der Waals surface area contributed by atoms with Crippen molar-refractivity contribution in [1.29, 1.82) is 0 Å². The number of carbonyl (C=O) groups excluding carboxylic acids is 1. The van der Waals surface area contributed by atoms with Crippen molar-refractivity contribution in [2.75, 3.05) is 31.6 Å². The fourth-order valence-corrected chi connectivity index (χ4v) is 4.98. The Labute approximate surface area is 216 Å². The summed E-state index contributed by atoms with van der Waals surface area (Å²) in [6, 6.07) is 2.16. The SMILES string of the molecule is CCCc1cc2c(N3CCn4c(nnc4C(F)(F)F)C3)nc(OCCN(C)C(=O)OC(C)(C)C)nc2s1. The van der Waals surface area contributed by atoms with Gasteiger partial charge in [-0.25, -0.2) is 4.79 Å². The maximum absolute atomic E-state index is 13.3. The molecule has 202 valence electrons. The number of alkyl halides is 3. The minimum atomic E-state index is -4.56. The van der Waals surface area contributed by atoms with Gasteiger partial charge in [-0.2, -0.15) is 23.1 Å². The number of nitrogens with zero attached hydrogens (tertiary/aromatic N) is 7. The van der Waals surface area contributed by atoms with Gasteiger partial charge >= 0.3 is 18.3 Å². The summed E-state index contributed by atoms with van der Waals surface area (Å²) in [7, 11) is 1.61. The van der Waals surface area contributed by atoms with E-state index in [2.05, 4.69) is 27.1 Å². The summed E-state index contributed by atoms with van der Waals surface area (Å²) in [5.41, 5.74) is -0.607. The van der Waals surface area contributed by atoms with Gasteiger partial charge < -0.3 is 23.8 Å². The Morgan fingerprint density at radius 3 is 2.62 bits per heavy atom. The quantitative estimate of drug-likeness (QED) is 0.431. The molecule has 1 aliphatic rings. The maximum atomic E-state index is 13.3. The van der Waals surface area contributed by atoms with Gasteiger partial charge in [0.05, 0.1) is 18.5 Å². The summed E-state index contributed by atoms with van der Waals surface area (Å²) in [4.78, 5) is 26.5. The molecule has 10 nitrogen and oxygen atoms in total. The largest absolute Gasteiger partial charge is 0.461 e. The van der Waals surface area contributed by atoms with E-state index in [9.17, 15) is 18.0 Å². The minimum absolute atomic E-state index is 0.0749. The lowest BCUT2D eigenvalue weighted by Gasteiger charge is -2.29. The molecular formula is C23H30F3N7O3S. The topological polar surface area (TPSA) is 98.5 Å². The zero-order chi connectivity index (χ0) is 27.0. The fraction of sp³-hybridized carbons (Fsp3) is 0.609. The fourth-order valence-electron chi connectivity index (χ4n) is 3.87. The lowest BCUT2D eigenvalue weighted by molar-refractivity contribution is -0.147. The monoisotopic (exact) mass is 541 g/mol. The highest BCUT2D eigenvalue weighted by molar-refractivity contribution is 7.18. The van der Waals surface area contributed by atoms with Crippen LogP contribution in [0.2, 0.25) is 0 Å². The van der Waals surface area contributed by atoms with E-state index in [1.807, 2.05) is 11.0 Å². The van der Waals surface area contributed by atoms with Crippen LogP contribution in [0.4, 0.5) is 23.8 Å². The number of aromatic nitrogens is 5. The van der Waals surface area contributed by atoms with Crippen molar-refractivity contribution in [3.05, 3.63) is 22.6 Å². The smallest absolute Gasteiger partial charge is 0.451 e. The van der Waals surface area contributed by atoms with Crippen LogP contribution in [0, 0.1) is 0 Å². The zero-order valence-electron chi connectivity index (χ0n) is 21.4. The van der Waals surface area contributed by atoms with Crippen LogP contribution in [0.1, 0.15) is 50.6 Å². The Balaban J connectivity index is 1.55. The Morgan fingerprint density at radius 1 is 1.19 bits per heavy atom. The van der Waals surface area contributed by atoms with Crippen molar-refractivity contribution >= 4 is 33.5 Å². The van der Waals surface area contributed by atoms with Gasteiger partial charge in [0, 0.05) is 25.0 Å². The van der Waals surface area contributed by atoms with Gasteiger partial charge in [-0.1, -0.05) is 13.3 Å². The normalized spacial score (nSPS) is 14.1. The molecule has 0 radical (unpaired) electrons. The van der Waals surface area contributed by atoms with E-state index in [0.29, 0.717) is 12.4 Å². The molecule has 14 heteroatoms. The Bertz CT molecular complexity index is 1270. The highest BCUT2D eigenvalue weighted by atomic mass is 32.1. The molecule has 0 saturated carbocycles. The first-order valence-corrected chi connectivity index (χ1v) is 12.8. The number of anilines is 1. The summed E-state index contributed by atoms with van der Waals surface area (Å²) in [6.45, 7) is 8.34. The van der Waals surface area contributed by atoms with E-state index in [1.165, 1.54) is 16.2 Å². The third-order valence-corrected chi connectivity index (χ3v) is 6.66. The molecule has 0 aromatic carbocycles. The molecule has 0 bridgehead atoms. The summed E-state index contributed by atoms with van der Waals surface area (Å²) in [5, 5.41) is 7.95. The van der Waals surface area contributed by atoms with Crippen LogP contribution in [-0.2, 0) is 30.4 Å². The van der Waals surface area contributed by atoms with Crippen LogP contribution >= 0.6 is 11.3 Å². The van der Waals surface area contributed by atoms with Crippen LogP contribution in [0.25, 0.3) is 10.2 Å². The number of likely N-dealkylation sites (N-methyl/N-ethyl adjacent to an activating group) is 1. The molecule has 1 aliphatic heterocycles. The molecule has 4 rings (SSSR count). The van der Waals surface area contributed by atoms with E-state index >= 15 is 0 Å². The third-order valence-electron chi connectivity index (χ3n) is 5.57. The van der Waals surface area contributed by atoms with Crippen molar-refractivity contribution in [2.24, 2.45) is 0 Å². The Kier molecular flexibility index (Phi) is 7.49. The summed E-state index contributed by atoms with van der Waals surface area (Å²) in [5.74, 6) is -0.202. The number of fused-ring (bicyclic) bond motifs is 2. The number of rotatable bonds is 7. The standard InChI is InChI=1S/C23H30F3N7O3S/c1-6-7-14-12-15-17(32-8-9-33-16(13-32)29-30-19(33)23(24,25)26)27-20(28-18(15)37-14)35-11-10-31(5)21(34)36-22(2,3)4/h12H,6-11,13H2,1-5H3. The molecule has 4 heterocycles. The van der Waals surface area contributed by atoms with Crippen LogP contribution in [0.15, 0.2) is 6.07 Å². The molecule has 0 fully saturated rings. The van der Waals surface area contributed by atoms with Crippen molar-refractivity contribution in [3.8, 4) is 6.01 Å². The lowest BCUT2D eigenvalue weighted by atomic mass is 10.2. The number of thiophene rings is 1. The molecule has 0 aliphatic carbocycles. The van der Waals surface area contributed by atoms with Crippen LogP contribution in [-0.4, -0.2) is 68.1 Å². The van der Waals surface area contributed by atoms with Crippen molar-refractivity contribution in [2.45, 2.75) is 65.4 Å². The average molecular weight is 542 g/mol. The number of halogens is 3. The van der Waals surface area contributed by atoms with Crippen LogP contribution in [0.3, 0.4) is 0 Å². The predicted molar refractivity (Wildman–Crippen MR) is 132 cm³/mol. The highest BCUT2D eigenvalue weighted by Gasteiger charge is 2.39. The van der Waals surface area contributed by atoms with E-state index < -0.39 is 23.7 Å². The first-order valence-electron chi connectivity index (χ1n) is 12.0. The third kappa shape index (κ3) is 6.22. The Hall–Kier alpha value is -3.16. The highest BCUT2D eigenvalue weighted by Crippen LogP contribution is 2.36. The molecule has 0 unspecified atom stereocenters. The molecule has 1 amide bonds. The van der Waals surface area contributed by atoms with Gasteiger partial charge in [-0.05, 0) is 33.3 Å². The zero-order valence-corrected chi connectivity index (χ0v) is 22.2. The second-order valence-electron chi connectivity index (χ2n) is 9.77. The number of amides is 1. The Morgan fingerprint density at radius 2 is 1.95 bits per heavy atom. The van der Waals surface area contributed by atoms with E-state index in [0.717, 1.165) is 32.5 Å². The summed E-state index contributed by atoms with van der Waals surface area (Å²) in [6.07, 6.45) is -3.19. The molecule has 0 spiro atoms. The van der Waals surface area contributed by atoms with Crippen molar-refractivity contribution in [1.82, 2.24) is 29.6 Å². The first kappa shape index (κ1) is 26.9. The second kappa shape index (κ2) is 10.3. The molecule has 0 N–H and O–H groups in total. The second-order valence-corrected chi connectivity index (χ2v) is 10.9. The molecule has 0 saturated heterocycles. The van der Waals surface area contributed by atoms with Gasteiger partial charge in [0.25, 0.3) is 0 Å². The average Bonchev–Trinajstić information content (AvgIpc) is 3.40. The van der Waals surface area contributed by atoms with Crippen LogP contribution in [0.5, 0.6) is 6.01 Å². The first-order chi connectivity index (χ1) is 17.4. The molecule has 0 atom stereocenters. The summed E-state index contributed by atoms with van der Waals surface area (Å²) < 4.78 is 52.1. The molecule has 37 heavy (non-hydrogen) atoms.